The maximum Gasteiger partial charge on any atom is 0.254 e. The molecule has 0 saturated carbocycles. The third kappa shape index (κ3) is 3.63. The van der Waals surface area contributed by atoms with Crippen molar-refractivity contribution >= 4 is 5.91 Å². The Kier molecular flexibility index (Phi) is 5.01. The highest BCUT2D eigenvalue weighted by Gasteiger charge is 2.37. The molecule has 4 rings (SSSR count). The summed E-state index contributed by atoms with van der Waals surface area (Å²) in [5, 5.41) is 0. The van der Waals surface area contributed by atoms with E-state index in [0.29, 0.717) is 30.2 Å². The number of hydrogen-bond acceptors (Lipinski definition) is 5. The van der Waals surface area contributed by atoms with Crippen LogP contribution in [-0.2, 0) is 4.74 Å². The van der Waals surface area contributed by atoms with Gasteiger partial charge in [-0.3, -0.25) is 4.79 Å². The van der Waals surface area contributed by atoms with Crippen LogP contribution in [0.4, 0.5) is 0 Å². The lowest BCUT2D eigenvalue weighted by Crippen LogP contribution is -2.51. The second-order valence-corrected chi connectivity index (χ2v) is 7.09. The highest BCUT2D eigenvalue weighted by Crippen LogP contribution is 2.35. The molecule has 0 N–H and O–H groups in total. The summed E-state index contributed by atoms with van der Waals surface area (Å²) < 4.78 is 16.9. The number of ether oxygens (including phenoxy) is 3. The third-order valence-electron chi connectivity index (χ3n) is 4.92. The molecule has 0 aliphatic carbocycles. The Morgan fingerprint density at radius 3 is 2.67 bits per heavy atom. The number of nitrogens with zero attached hydrogens (tertiary/aromatic N) is 2. The lowest BCUT2D eigenvalue weighted by Gasteiger charge is -2.42. The molecule has 0 unspecified atom stereocenters. The summed E-state index contributed by atoms with van der Waals surface area (Å²) in [5.74, 6) is 1.28. The van der Waals surface area contributed by atoms with E-state index < -0.39 is 0 Å². The summed E-state index contributed by atoms with van der Waals surface area (Å²) in [6.07, 6.45) is -0.0888. The molecular weight excluding hydrogens is 344 g/mol. The lowest BCUT2D eigenvalue weighted by atomic mass is 9.96. The van der Waals surface area contributed by atoms with Gasteiger partial charge in [-0.1, -0.05) is 30.3 Å². The smallest absolute Gasteiger partial charge is 0.254 e. The number of carbonyl (C=O) groups excluding carboxylic acids is 1. The molecule has 2 heterocycles. The summed E-state index contributed by atoms with van der Waals surface area (Å²) in [7, 11) is 4.04. The quantitative estimate of drug-likeness (QED) is 0.830. The minimum Gasteiger partial charge on any atom is -0.454 e. The van der Waals surface area contributed by atoms with Crippen molar-refractivity contribution in [1.29, 1.82) is 0 Å². The van der Waals surface area contributed by atoms with Crippen molar-refractivity contribution < 1.29 is 19.0 Å². The Balaban J connectivity index is 1.67. The lowest BCUT2D eigenvalue weighted by molar-refractivity contribution is -0.0684. The summed E-state index contributed by atoms with van der Waals surface area (Å²) >= 11 is 0. The minimum atomic E-state index is -0.139. The largest absolute Gasteiger partial charge is 0.454 e. The van der Waals surface area contributed by atoms with Gasteiger partial charge >= 0.3 is 0 Å². The third-order valence-corrected chi connectivity index (χ3v) is 4.92. The topological polar surface area (TPSA) is 51.2 Å². The highest BCUT2D eigenvalue weighted by atomic mass is 16.7. The highest BCUT2D eigenvalue weighted by molar-refractivity contribution is 5.95. The second-order valence-electron chi connectivity index (χ2n) is 7.09. The first kappa shape index (κ1) is 17.8. The average Bonchev–Trinajstić information content (AvgIpc) is 3.15. The summed E-state index contributed by atoms with van der Waals surface area (Å²) in [4.78, 5) is 17.4. The number of fused-ring (bicyclic) bond motifs is 1. The average molecular weight is 368 g/mol. The Morgan fingerprint density at radius 1 is 1.11 bits per heavy atom. The van der Waals surface area contributed by atoms with Gasteiger partial charge in [-0.15, -0.1) is 0 Å². The molecule has 2 atom stereocenters. The van der Waals surface area contributed by atoms with Crippen LogP contribution in [0.2, 0.25) is 0 Å². The predicted octanol–water partition coefficient (Wildman–Crippen LogP) is 2.56. The van der Waals surface area contributed by atoms with Gasteiger partial charge in [0, 0.05) is 18.7 Å². The first-order valence-electron chi connectivity index (χ1n) is 9.15. The Morgan fingerprint density at radius 2 is 1.89 bits per heavy atom. The number of rotatable bonds is 4. The number of hydrogen-bond donors (Lipinski definition) is 0. The summed E-state index contributed by atoms with van der Waals surface area (Å²) in [6.45, 7) is 2.02. The molecule has 0 radical (unpaired) electrons. The van der Waals surface area contributed by atoms with Gasteiger partial charge in [0.25, 0.3) is 5.91 Å². The van der Waals surface area contributed by atoms with E-state index in [2.05, 4.69) is 17.0 Å². The van der Waals surface area contributed by atoms with Gasteiger partial charge in [0.2, 0.25) is 6.79 Å². The summed E-state index contributed by atoms with van der Waals surface area (Å²) in [6, 6.07) is 15.3. The molecule has 2 aliphatic heterocycles. The Hall–Kier alpha value is -2.57. The van der Waals surface area contributed by atoms with Crippen LogP contribution >= 0.6 is 0 Å². The van der Waals surface area contributed by atoms with E-state index in [1.54, 1.807) is 18.2 Å². The molecule has 0 bridgehead atoms. The number of benzene rings is 2. The molecular formula is C21H24N2O4. The van der Waals surface area contributed by atoms with Gasteiger partial charge in [0.15, 0.2) is 11.5 Å². The SMILES string of the molecule is CN(C)C[C@@H]1OCCN(C(=O)c2ccc3c(c2)OCO3)[C@H]1c1ccccc1. The van der Waals surface area contributed by atoms with Crippen molar-refractivity contribution in [2.75, 3.05) is 40.6 Å². The molecule has 6 nitrogen and oxygen atoms in total. The van der Waals surface area contributed by atoms with Crippen LogP contribution in [0.1, 0.15) is 22.0 Å². The van der Waals surface area contributed by atoms with Gasteiger partial charge < -0.3 is 24.0 Å². The van der Waals surface area contributed by atoms with E-state index >= 15 is 0 Å². The zero-order chi connectivity index (χ0) is 18.8. The fourth-order valence-corrected chi connectivity index (χ4v) is 3.71. The Labute approximate surface area is 159 Å². The van der Waals surface area contributed by atoms with Gasteiger partial charge in [-0.25, -0.2) is 0 Å². The molecule has 2 aromatic carbocycles. The molecule has 2 aliphatic rings. The van der Waals surface area contributed by atoms with Crippen LogP contribution in [0.25, 0.3) is 0 Å². The van der Waals surface area contributed by atoms with E-state index in [-0.39, 0.29) is 24.8 Å². The van der Waals surface area contributed by atoms with Crippen LogP contribution in [0.3, 0.4) is 0 Å². The van der Waals surface area contributed by atoms with E-state index in [1.807, 2.05) is 37.2 Å². The number of likely N-dealkylation sites (N-methyl/N-ethyl adjacent to an activating group) is 1. The first-order valence-corrected chi connectivity index (χ1v) is 9.15. The van der Waals surface area contributed by atoms with Crippen LogP contribution in [0.15, 0.2) is 48.5 Å². The molecule has 142 valence electrons. The zero-order valence-corrected chi connectivity index (χ0v) is 15.6. The first-order chi connectivity index (χ1) is 13.1. The molecule has 1 amide bonds. The van der Waals surface area contributed by atoms with Gasteiger partial charge in [-0.2, -0.15) is 0 Å². The molecule has 2 aromatic rings. The number of carbonyl (C=O) groups is 1. The zero-order valence-electron chi connectivity index (χ0n) is 15.6. The standard InChI is InChI=1S/C21H24N2O4/c1-22(2)13-19-20(15-6-4-3-5-7-15)23(10-11-25-19)21(24)16-8-9-17-18(12-16)27-14-26-17/h3-9,12,19-20H,10-11,13-14H2,1-2H3/t19-,20-/m0/s1. The monoisotopic (exact) mass is 368 g/mol. The maximum absolute atomic E-state index is 13.4. The van der Waals surface area contributed by atoms with Crippen molar-refractivity contribution in [2.24, 2.45) is 0 Å². The molecule has 1 saturated heterocycles. The molecule has 0 aromatic heterocycles. The van der Waals surface area contributed by atoms with Gasteiger partial charge in [0.1, 0.15) is 0 Å². The van der Waals surface area contributed by atoms with E-state index in [0.717, 1.165) is 12.1 Å². The van der Waals surface area contributed by atoms with E-state index in [9.17, 15) is 4.79 Å². The van der Waals surface area contributed by atoms with E-state index in [4.69, 9.17) is 14.2 Å². The maximum atomic E-state index is 13.4. The second kappa shape index (κ2) is 7.58. The van der Waals surface area contributed by atoms with Crippen molar-refractivity contribution in [1.82, 2.24) is 9.80 Å². The Bertz CT molecular complexity index is 809. The predicted molar refractivity (Wildman–Crippen MR) is 101 cm³/mol. The van der Waals surface area contributed by atoms with Crippen molar-refractivity contribution in [3.8, 4) is 11.5 Å². The van der Waals surface area contributed by atoms with Gasteiger partial charge in [-0.05, 0) is 37.9 Å². The normalized spacial score (nSPS) is 21.5. The fourth-order valence-electron chi connectivity index (χ4n) is 3.71. The molecule has 1 fully saturated rings. The van der Waals surface area contributed by atoms with Crippen molar-refractivity contribution in [2.45, 2.75) is 12.1 Å². The molecule has 0 spiro atoms. The molecule has 6 heteroatoms. The van der Waals surface area contributed by atoms with Crippen LogP contribution < -0.4 is 9.47 Å². The van der Waals surface area contributed by atoms with Gasteiger partial charge in [0.05, 0.1) is 18.8 Å². The minimum absolute atomic E-state index is 0.0193. The van der Waals surface area contributed by atoms with Crippen LogP contribution in [-0.4, -0.2) is 62.4 Å². The molecule has 27 heavy (non-hydrogen) atoms. The van der Waals surface area contributed by atoms with Crippen LogP contribution in [0, 0.1) is 0 Å². The number of morpholine rings is 1. The van der Waals surface area contributed by atoms with Crippen molar-refractivity contribution in [3.63, 3.8) is 0 Å². The number of amides is 1. The fraction of sp³-hybridized carbons (Fsp3) is 0.381. The van der Waals surface area contributed by atoms with E-state index in [1.165, 1.54) is 0 Å². The summed E-state index contributed by atoms with van der Waals surface area (Å²) in [5.41, 5.74) is 1.68. The van der Waals surface area contributed by atoms with Crippen LogP contribution in [0.5, 0.6) is 11.5 Å². The van der Waals surface area contributed by atoms with Crippen molar-refractivity contribution in [3.05, 3.63) is 59.7 Å².